The van der Waals surface area contributed by atoms with Crippen LogP contribution in [-0.4, -0.2) is 0 Å². The maximum Gasteiger partial charge on any atom is -0.00206 e. The Morgan fingerprint density at radius 2 is 0.727 bits per heavy atom. The molecule has 0 aliphatic rings. The lowest BCUT2D eigenvalue weighted by atomic mass is 9.89. The topological polar surface area (TPSA) is 0 Å². The van der Waals surface area contributed by atoms with Crippen LogP contribution in [0.15, 0.2) is 158 Å². The predicted molar refractivity (Wildman–Crippen MR) is 191 cm³/mol. The fourth-order valence-corrected chi connectivity index (χ4v) is 7.59. The Labute approximate surface area is 254 Å². The van der Waals surface area contributed by atoms with E-state index in [0.29, 0.717) is 0 Å². The summed E-state index contributed by atoms with van der Waals surface area (Å²) in [7, 11) is 0. The van der Waals surface area contributed by atoms with E-state index in [1.807, 2.05) is 0 Å². The van der Waals surface area contributed by atoms with E-state index in [1.165, 1.54) is 97.7 Å². The van der Waals surface area contributed by atoms with Crippen molar-refractivity contribution in [3.63, 3.8) is 0 Å². The fraction of sp³-hybridized carbons (Fsp3) is 0. The van der Waals surface area contributed by atoms with Gasteiger partial charge in [-0.3, -0.25) is 0 Å². The van der Waals surface area contributed by atoms with Gasteiger partial charge in [0, 0.05) is 0 Å². The zero-order chi connectivity index (χ0) is 28.8. The van der Waals surface area contributed by atoms with Crippen molar-refractivity contribution in [2.75, 3.05) is 0 Å². The minimum Gasteiger partial charge on any atom is -0.0616 e. The Kier molecular flexibility index (Phi) is 4.81. The molecule has 10 aromatic carbocycles. The second kappa shape index (κ2) is 8.89. The molecular weight excluding hydrogens is 528 g/mol. The van der Waals surface area contributed by atoms with Crippen LogP contribution in [0.3, 0.4) is 0 Å². The summed E-state index contributed by atoms with van der Waals surface area (Å²) >= 11 is 0. The van der Waals surface area contributed by atoms with Crippen molar-refractivity contribution < 1.29 is 0 Å². The van der Waals surface area contributed by atoms with Gasteiger partial charge in [0.15, 0.2) is 0 Å². The molecule has 0 aliphatic heterocycles. The molecule has 0 N–H and O–H groups in total. The molecule has 0 atom stereocenters. The first-order valence-corrected chi connectivity index (χ1v) is 15.3. The molecule has 10 rings (SSSR count). The van der Waals surface area contributed by atoms with Gasteiger partial charge in [-0.05, 0) is 116 Å². The van der Waals surface area contributed by atoms with Gasteiger partial charge in [0.2, 0.25) is 0 Å². The van der Waals surface area contributed by atoms with Crippen LogP contribution in [0.25, 0.3) is 97.7 Å². The standard InChI is InChI=1S/C44H26/c1-2-7-37-28(4-1)14-21-41-38-20-17-33(24-35(38)18-22-40(37)41)32-12-8-27-9-13-34(26-36(27)25-32)39-19-15-31-11-10-29-5-3-6-30-16-23-42(39)44(31)43(29)30/h1-26H. The predicted octanol–water partition coefficient (Wildman–Crippen LogP) is 12.5. The van der Waals surface area contributed by atoms with E-state index in [0.717, 1.165) is 0 Å². The van der Waals surface area contributed by atoms with Crippen molar-refractivity contribution >= 4 is 75.4 Å². The normalized spacial score (nSPS) is 12.1. The number of fused-ring (bicyclic) bond motifs is 6. The molecule has 44 heavy (non-hydrogen) atoms. The summed E-state index contributed by atoms with van der Waals surface area (Å²) in [5.41, 5.74) is 5.02. The van der Waals surface area contributed by atoms with E-state index in [-0.39, 0.29) is 0 Å². The number of hydrogen-bond donors (Lipinski definition) is 0. The Balaban J connectivity index is 1.11. The van der Waals surface area contributed by atoms with Gasteiger partial charge in [0.05, 0.1) is 0 Å². The lowest BCUT2D eigenvalue weighted by Gasteiger charge is -2.15. The Morgan fingerprint density at radius 1 is 0.227 bits per heavy atom. The average Bonchev–Trinajstić information content (AvgIpc) is 3.09. The molecule has 0 saturated heterocycles. The lowest BCUT2D eigenvalue weighted by molar-refractivity contribution is 1.67. The quantitative estimate of drug-likeness (QED) is 0.186. The SMILES string of the molecule is c1ccc2c(c1)ccc1c3ccc(-c4ccc5ccc(-c6ccc7ccc8cccc9ccc6c7c89)cc5c4)cc3ccc21. The smallest absolute Gasteiger partial charge is 0.00206 e. The second-order valence-electron chi connectivity index (χ2n) is 12.1. The first-order chi connectivity index (χ1) is 21.8. The van der Waals surface area contributed by atoms with Gasteiger partial charge in [-0.1, -0.05) is 140 Å². The molecule has 202 valence electrons. The summed E-state index contributed by atoms with van der Waals surface area (Å²) in [6.07, 6.45) is 0. The Hall–Kier alpha value is -5.72. The molecule has 0 unspecified atom stereocenters. The third-order valence-corrected chi connectivity index (χ3v) is 9.76. The van der Waals surface area contributed by atoms with Gasteiger partial charge < -0.3 is 0 Å². The second-order valence-corrected chi connectivity index (χ2v) is 12.1. The molecule has 10 aromatic rings. The van der Waals surface area contributed by atoms with Crippen molar-refractivity contribution in [1.82, 2.24) is 0 Å². The Morgan fingerprint density at radius 3 is 1.57 bits per heavy atom. The van der Waals surface area contributed by atoms with Crippen LogP contribution in [0.1, 0.15) is 0 Å². The van der Waals surface area contributed by atoms with Crippen LogP contribution in [0.5, 0.6) is 0 Å². The van der Waals surface area contributed by atoms with Crippen molar-refractivity contribution in [1.29, 1.82) is 0 Å². The van der Waals surface area contributed by atoms with E-state index in [1.54, 1.807) is 0 Å². The van der Waals surface area contributed by atoms with Crippen molar-refractivity contribution in [3.05, 3.63) is 158 Å². The molecule has 0 heterocycles. The monoisotopic (exact) mass is 554 g/mol. The molecule has 0 bridgehead atoms. The van der Waals surface area contributed by atoms with E-state index >= 15 is 0 Å². The van der Waals surface area contributed by atoms with E-state index in [2.05, 4.69) is 158 Å². The molecule has 0 fully saturated rings. The number of hydrogen-bond acceptors (Lipinski definition) is 0. The van der Waals surface area contributed by atoms with Crippen LogP contribution in [0.2, 0.25) is 0 Å². The van der Waals surface area contributed by atoms with Crippen LogP contribution in [0.4, 0.5) is 0 Å². The van der Waals surface area contributed by atoms with Crippen LogP contribution in [0, 0.1) is 0 Å². The average molecular weight is 555 g/mol. The highest BCUT2D eigenvalue weighted by Crippen LogP contribution is 2.40. The maximum absolute atomic E-state index is 2.37. The summed E-state index contributed by atoms with van der Waals surface area (Å²) in [5, 5.41) is 18.3. The van der Waals surface area contributed by atoms with Crippen molar-refractivity contribution in [3.8, 4) is 22.3 Å². The molecular formula is C44H26. The highest BCUT2D eigenvalue weighted by molar-refractivity contribution is 6.25. The van der Waals surface area contributed by atoms with Gasteiger partial charge in [-0.25, -0.2) is 0 Å². The fourth-order valence-electron chi connectivity index (χ4n) is 7.59. The summed E-state index contributed by atoms with van der Waals surface area (Å²) in [6.45, 7) is 0. The van der Waals surface area contributed by atoms with Crippen LogP contribution in [-0.2, 0) is 0 Å². The van der Waals surface area contributed by atoms with Crippen LogP contribution >= 0.6 is 0 Å². The highest BCUT2D eigenvalue weighted by atomic mass is 14.2. The van der Waals surface area contributed by atoms with Gasteiger partial charge >= 0.3 is 0 Å². The summed E-state index contributed by atoms with van der Waals surface area (Å²) < 4.78 is 0. The first-order valence-electron chi connectivity index (χ1n) is 15.3. The van der Waals surface area contributed by atoms with Crippen molar-refractivity contribution in [2.45, 2.75) is 0 Å². The van der Waals surface area contributed by atoms with Gasteiger partial charge in [0.1, 0.15) is 0 Å². The van der Waals surface area contributed by atoms with Crippen LogP contribution < -0.4 is 0 Å². The first kappa shape index (κ1) is 23.8. The van der Waals surface area contributed by atoms with E-state index in [9.17, 15) is 0 Å². The zero-order valence-corrected chi connectivity index (χ0v) is 24.0. The minimum atomic E-state index is 1.24. The third kappa shape index (κ3) is 3.40. The largest absolute Gasteiger partial charge is 0.0616 e. The number of rotatable bonds is 2. The van der Waals surface area contributed by atoms with Crippen molar-refractivity contribution in [2.24, 2.45) is 0 Å². The molecule has 0 nitrogen and oxygen atoms in total. The summed E-state index contributed by atoms with van der Waals surface area (Å²) in [4.78, 5) is 0. The maximum atomic E-state index is 2.37. The molecule has 0 radical (unpaired) electrons. The molecule has 0 heteroatoms. The molecule has 0 amide bonds. The molecule has 0 aromatic heterocycles. The molecule has 0 saturated carbocycles. The Bertz CT molecular complexity index is 2750. The molecule has 0 aliphatic carbocycles. The summed E-state index contributed by atoms with van der Waals surface area (Å²) in [5.74, 6) is 0. The number of benzene rings is 10. The van der Waals surface area contributed by atoms with E-state index in [4.69, 9.17) is 0 Å². The lowest BCUT2D eigenvalue weighted by Crippen LogP contribution is -1.87. The van der Waals surface area contributed by atoms with E-state index < -0.39 is 0 Å². The highest BCUT2D eigenvalue weighted by Gasteiger charge is 2.13. The van der Waals surface area contributed by atoms with Gasteiger partial charge in [-0.15, -0.1) is 0 Å². The van der Waals surface area contributed by atoms with Gasteiger partial charge in [-0.2, -0.15) is 0 Å². The third-order valence-electron chi connectivity index (χ3n) is 9.76. The van der Waals surface area contributed by atoms with Gasteiger partial charge in [0.25, 0.3) is 0 Å². The minimum absolute atomic E-state index is 1.24. The summed E-state index contributed by atoms with van der Waals surface area (Å²) in [6, 6.07) is 58.7. The molecule has 0 spiro atoms. The zero-order valence-electron chi connectivity index (χ0n) is 24.0.